The molecule has 0 aliphatic rings. The van der Waals surface area contributed by atoms with Crippen LogP contribution in [0.1, 0.15) is 15.9 Å². The van der Waals surface area contributed by atoms with Gasteiger partial charge in [0.2, 0.25) is 0 Å². The van der Waals surface area contributed by atoms with Crippen LogP contribution >= 0.6 is 10.7 Å². The fourth-order valence-electron chi connectivity index (χ4n) is 2.11. The predicted molar refractivity (Wildman–Crippen MR) is 85.8 cm³/mol. The molecule has 0 spiro atoms. The molecule has 2 heterocycles. The Kier molecular flexibility index (Phi) is 4.06. The monoisotopic (exact) mass is 349 g/mol. The average molecular weight is 350 g/mol. The summed E-state index contributed by atoms with van der Waals surface area (Å²) in [4.78, 5) is 16.3. The van der Waals surface area contributed by atoms with Gasteiger partial charge in [-0.05, 0) is 29.8 Å². The summed E-state index contributed by atoms with van der Waals surface area (Å²) in [5, 5.41) is 2.78. The number of imidazole rings is 1. The molecule has 23 heavy (non-hydrogen) atoms. The van der Waals surface area contributed by atoms with Gasteiger partial charge in [0, 0.05) is 35.8 Å². The first kappa shape index (κ1) is 15.5. The number of carbonyl (C=O) groups is 1. The summed E-state index contributed by atoms with van der Waals surface area (Å²) in [6.07, 6.45) is 5.11. The van der Waals surface area contributed by atoms with E-state index in [0.717, 1.165) is 11.2 Å². The molecule has 0 saturated carbocycles. The number of halogens is 1. The van der Waals surface area contributed by atoms with E-state index in [9.17, 15) is 13.2 Å². The van der Waals surface area contributed by atoms with Crippen LogP contribution in [0.3, 0.4) is 0 Å². The molecule has 2 aromatic heterocycles. The molecule has 0 aliphatic carbocycles. The van der Waals surface area contributed by atoms with Crippen molar-refractivity contribution in [1.82, 2.24) is 14.7 Å². The number of hydrogen-bond donors (Lipinski definition) is 1. The zero-order valence-corrected chi connectivity index (χ0v) is 13.4. The van der Waals surface area contributed by atoms with Gasteiger partial charge in [-0.2, -0.15) is 0 Å². The molecular weight excluding hydrogens is 338 g/mol. The second-order valence-corrected chi connectivity index (χ2v) is 7.44. The Labute approximate surface area is 137 Å². The minimum Gasteiger partial charge on any atom is -0.348 e. The van der Waals surface area contributed by atoms with Gasteiger partial charge in [-0.15, -0.1) is 0 Å². The molecule has 3 aromatic rings. The van der Waals surface area contributed by atoms with Gasteiger partial charge in [-0.1, -0.05) is 12.1 Å². The lowest BCUT2D eigenvalue weighted by molar-refractivity contribution is 0.0950. The van der Waals surface area contributed by atoms with Gasteiger partial charge >= 0.3 is 0 Å². The number of carbonyl (C=O) groups excluding carboxylic acids is 1. The van der Waals surface area contributed by atoms with E-state index >= 15 is 0 Å². The van der Waals surface area contributed by atoms with Crippen LogP contribution in [0.5, 0.6) is 0 Å². The summed E-state index contributed by atoms with van der Waals surface area (Å²) in [5.74, 6) is -0.227. The second kappa shape index (κ2) is 6.02. The van der Waals surface area contributed by atoms with Crippen LogP contribution in [0.4, 0.5) is 0 Å². The number of aromatic nitrogens is 2. The third-order valence-corrected chi connectivity index (χ3v) is 4.68. The quantitative estimate of drug-likeness (QED) is 0.732. The van der Waals surface area contributed by atoms with Gasteiger partial charge in [0.15, 0.2) is 0 Å². The van der Waals surface area contributed by atoms with Gasteiger partial charge in [0.25, 0.3) is 15.0 Å². The molecule has 1 N–H and O–H groups in total. The lowest BCUT2D eigenvalue weighted by Crippen LogP contribution is -2.23. The maximum absolute atomic E-state index is 12.1. The maximum Gasteiger partial charge on any atom is 0.261 e. The highest BCUT2D eigenvalue weighted by molar-refractivity contribution is 8.13. The average Bonchev–Trinajstić information content (AvgIpc) is 2.99. The van der Waals surface area contributed by atoms with Crippen LogP contribution in [-0.2, 0) is 15.6 Å². The highest BCUT2D eigenvalue weighted by atomic mass is 35.7. The van der Waals surface area contributed by atoms with Crippen molar-refractivity contribution in [3.8, 4) is 0 Å². The van der Waals surface area contributed by atoms with Crippen LogP contribution in [0.15, 0.2) is 59.9 Å². The van der Waals surface area contributed by atoms with Gasteiger partial charge in [0.1, 0.15) is 5.65 Å². The third-order valence-electron chi connectivity index (χ3n) is 3.31. The van der Waals surface area contributed by atoms with E-state index in [1.165, 1.54) is 12.1 Å². The summed E-state index contributed by atoms with van der Waals surface area (Å²) in [6, 6.07) is 9.47. The van der Waals surface area contributed by atoms with Gasteiger partial charge in [-0.25, -0.2) is 13.4 Å². The molecule has 0 radical (unpaired) electrons. The topological polar surface area (TPSA) is 80.5 Å². The molecule has 118 valence electrons. The molecule has 3 rings (SSSR count). The first-order chi connectivity index (χ1) is 10.9. The SMILES string of the molecule is O=C(NCc1ccc(S(=O)(=O)Cl)cc1)c1ccc2nccn2c1. The normalized spacial score (nSPS) is 11.5. The highest BCUT2D eigenvalue weighted by Gasteiger charge is 2.10. The Hall–Kier alpha value is -2.38. The maximum atomic E-state index is 12.1. The summed E-state index contributed by atoms with van der Waals surface area (Å²) >= 11 is 0. The van der Waals surface area contributed by atoms with Crippen molar-refractivity contribution in [2.45, 2.75) is 11.4 Å². The lowest BCUT2D eigenvalue weighted by atomic mass is 10.2. The summed E-state index contributed by atoms with van der Waals surface area (Å²) in [5.41, 5.74) is 2.04. The molecule has 0 saturated heterocycles. The van der Waals surface area contributed by atoms with Crippen molar-refractivity contribution in [3.63, 3.8) is 0 Å². The molecule has 0 fully saturated rings. The molecule has 1 amide bonds. The van der Waals surface area contributed by atoms with Gasteiger partial charge in [-0.3, -0.25) is 4.79 Å². The number of rotatable bonds is 4. The molecule has 8 heteroatoms. The van der Waals surface area contributed by atoms with Gasteiger partial charge in [0.05, 0.1) is 10.5 Å². The van der Waals surface area contributed by atoms with Crippen molar-refractivity contribution in [3.05, 3.63) is 66.1 Å². The number of nitrogens with one attached hydrogen (secondary N) is 1. The fourth-order valence-corrected chi connectivity index (χ4v) is 2.88. The number of fused-ring (bicyclic) bond motifs is 1. The molecule has 0 bridgehead atoms. The lowest BCUT2D eigenvalue weighted by Gasteiger charge is -2.06. The van der Waals surface area contributed by atoms with E-state index in [-0.39, 0.29) is 17.3 Å². The minimum absolute atomic E-state index is 0.0276. The van der Waals surface area contributed by atoms with E-state index in [4.69, 9.17) is 10.7 Å². The van der Waals surface area contributed by atoms with Crippen LogP contribution < -0.4 is 5.32 Å². The molecular formula is C15H12ClN3O3S. The van der Waals surface area contributed by atoms with Crippen LogP contribution in [0.2, 0.25) is 0 Å². The number of pyridine rings is 1. The van der Waals surface area contributed by atoms with Crippen LogP contribution in [0.25, 0.3) is 5.65 Å². The summed E-state index contributed by atoms with van der Waals surface area (Å²) in [6.45, 7) is 0.281. The molecule has 0 unspecified atom stereocenters. The Bertz CT molecular complexity index is 965. The van der Waals surface area contributed by atoms with E-state index in [0.29, 0.717) is 5.56 Å². The first-order valence-corrected chi connectivity index (χ1v) is 8.99. The van der Waals surface area contributed by atoms with E-state index in [1.807, 2.05) is 0 Å². The fraction of sp³-hybridized carbons (Fsp3) is 0.0667. The Morgan fingerprint density at radius 2 is 1.91 bits per heavy atom. The van der Waals surface area contributed by atoms with E-state index < -0.39 is 9.05 Å². The highest BCUT2D eigenvalue weighted by Crippen LogP contribution is 2.15. The van der Waals surface area contributed by atoms with E-state index in [2.05, 4.69) is 10.3 Å². The first-order valence-electron chi connectivity index (χ1n) is 6.68. The zero-order chi connectivity index (χ0) is 16.4. The van der Waals surface area contributed by atoms with Crippen molar-refractivity contribution in [2.75, 3.05) is 0 Å². The Balaban J connectivity index is 1.68. The van der Waals surface area contributed by atoms with Crippen molar-refractivity contribution in [2.24, 2.45) is 0 Å². The summed E-state index contributed by atoms with van der Waals surface area (Å²) in [7, 11) is 1.52. The molecule has 1 aromatic carbocycles. The Morgan fingerprint density at radius 3 is 2.61 bits per heavy atom. The Morgan fingerprint density at radius 1 is 1.17 bits per heavy atom. The smallest absolute Gasteiger partial charge is 0.261 e. The second-order valence-electron chi connectivity index (χ2n) is 4.87. The zero-order valence-electron chi connectivity index (χ0n) is 11.8. The molecule has 6 nitrogen and oxygen atoms in total. The standard InChI is InChI=1S/C15H12ClN3O3S/c16-23(21,22)13-4-1-11(2-5-13)9-18-15(20)12-3-6-14-17-7-8-19(14)10-12/h1-8,10H,9H2,(H,18,20). The third kappa shape index (κ3) is 3.52. The van der Waals surface area contributed by atoms with Crippen LogP contribution in [-0.4, -0.2) is 23.7 Å². The van der Waals surface area contributed by atoms with Crippen molar-refractivity contribution < 1.29 is 13.2 Å². The van der Waals surface area contributed by atoms with Gasteiger partial charge < -0.3 is 9.72 Å². The number of amides is 1. The predicted octanol–water partition coefficient (Wildman–Crippen LogP) is 2.19. The molecule has 0 aliphatic heterocycles. The van der Waals surface area contributed by atoms with Crippen molar-refractivity contribution >= 4 is 31.3 Å². The van der Waals surface area contributed by atoms with Crippen molar-refractivity contribution in [1.29, 1.82) is 0 Å². The number of benzene rings is 1. The largest absolute Gasteiger partial charge is 0.348 e. The number of hydrogen-bond acceptors (Lipinski definition) is 4. The molecule has 0 atom stereocenters. The number of nitrogens with zero attached hydrogens (tertiary/aromatic N) is 2. The summed E-state index contributed by atoms with van der Waals surface area (Å²) < 4.78 is 24.1. The van der Waals surface area contributed by atoms with Crippen LogP contribution in [0, 0.1) is 0 Å². The van der Waals surface area contributed by atoms with E-state index in [1.54, 1.807) is 47.3 Å². The minimum atomic E-state index is -3.73.